The van der Waals surface area contributed by atoms with Crippen molar-refractivity contribution < 1.29 is 0 Å². The summed E-state index contributed by atoms with van der Waals surface area (Å²) in [7, 11) is 0. The second kappa shape index (κ2) is 5.43. The molecule has 2 aromatic rings. The predicted octanol–water partition coefficient (Wildman–Crippen LogP) is 3.49. The van der Waals surface area contributed by atoms with Crippen LogP contribution >= 0.6 is 0 Å². The van der Waals surface area contributed by atoms with Crippen molar-refractivity contribution in [2.24, 2.45) is 0 Å². The number of rotatable bonds is 2. The lowest BCUT2D eigenvalue weighted by Crippen LogP contribution is -2.00. The summed E-state index contributed by atoms with van der Waals surface area (Å²) in [6.45, 7) is 0. The number of hydrogen-bond acceptors (Lipinski definition) is 3. The summed E-state index contributed by atoms with van der Waals surface area (Å²) in [6, 6.07) is 4.00. The normalized spacial score (nSPS) is 17.3. The molecule has 1 aliphatic carbocycles. The Morgan fingerprint density at radius 3 is 2.42 bits per heavy atom. The molecule has 0 radical (unpaired) electrons. The van der Waals surface area contributed by atoms with E-state index in [1.807, 2.05) is 12.1 Å². The van der Waals surface area contributed by atoms with E-state index in [9.17, 15) is 0 Å². The quantitative estimate of drug-likeness (QED) is 0.808. The molecule has 100 valence electrons. The lowest BCUT2D eigenvalue weighted by molar-refractivity contribution is 0.577. The van der Waals surface area contributed by atoms with Gasteiger partial charge in [0.15, 0.2) is 5.82 Å². The van der Waals surface area contributed by atoms with E-state index in [2.05, 4.69) is 15.2 Å². The molecular formula is C15H20N4. The van der Waals surface area contributed by atoms with Crippen LogP contribution in [0.2, 0.25) is 0 Å². The van der Waals surface area contributed by atoms with E-state index in [0.717, 1.165) is 11.1 Å². The fraction of sp³-hybridized carbons (Fsp3) is 0.467. The van der Waals surface area contributed by atoms with Gasteiger partial charge in [-0.3, -0.25) is 10.1 Å². The van der Waals surface area contributed by atoms with Crippen molar-refractivity contribution in [3.05, 3.63) is 30.2 Å². The standard InChI is InChI=1S/C15H20N4/c16-15-13(11-7-9-17-10-8-11)14(18-19-15)12-5-3-1-2-4-6-12/h7-10,12H,1-6H2,(H3,16,18,19). The Bertz CT molecular complexity index is 524. The summed E-state index contributed by atoms with van der Waals surface area (Å²) >= 11 is 0. The monoisotopic (exact) mass is 256 g/mol. The van der Waals surface area contributed by atoms with E-state index in [4.69, 9.17) is 5.73 Å². The second-order valence-corrected chi connectivity index (χ2v) is 5.32. The minimum atomic E-state index is 0.565. The number of aromatic amines is 1. The van der Waals surface area contributed by atoms with Crippen molar-refractivity contribution in [1.82, 2.24) is 15.2 Å². The topological polar surface area (TPSA) is 67.6 Å². The number of nitrogen functional groups attached to an aromatic ring is 1. The summed E-state index contributed by atoms with van der Waals surface area (Å²) in [5.41, 5.74) is 9.46. The Kier molecular flexibility index (Phi) is 3.49. The van der Waals surface area contributed by atoms with Crippen molar-refractivity contribution in [3.63, 3.8) is 0 Å². The van der Waals surface area contributed by atoms with Crippen LogP contribution in [0.5, 0.6) is 0 Å². The van der Waals surface area contributed by atoms with Crippen molar-refractivity contribution in [3.8, 4) is 11.1 Å². The van der Waals surface area contributed by atoms with Crippen molar-refractivity contribution >= 4 is 5.82 Å². The number of aromatic nitrogens is 3. The first-order valence-corrected chi connectivity index (χ1v) is 7.10. The fourth-order valence-corrected chi connectivity index (χ4v) is 3.06. The molecule has 2 heterocycles. The van der Waals surface area contributed by atoms with Crippen molar-refractivity contribution in [2.45, 2.75) is 44.4 Å². The molecule has 3 rings (SSSR count). The molecule has 19 heavy (non-hydrogen) atoms. The van der Waals surface area contributed by atoms with E-state index in [-0.39, 0.29) is 0 Å². The van der Waals surface area contributed by atoms with Crippen LogP contribution in [-0.2, 0) is 0 Å². The van der Waals surface area contributed by atoms with Gasteiger partial charge < -0.3 is 5.73 Å². The number of nitrogens with two attached hydrogens (primary N) is 1. The van der Waals surface area contributed by atoms with Crippen LogP contribution in [0, 0.1) is 0 Å². The van der Waals surface area contributed by atoms with Crippen LogP contribution in [0.15, 0.2) is 24.5 Å². The van der Waals surface area contributed by atoms with Crippen LogP contribution in [0.25, 0.3) is 11.1 Å². The Labute approximate surface area is 113 Å². The number of H-pyrrole nitrogens is 1. The van der Waals surface area contributed by atoms with Gasteiger partial charge in [-0.2, -0.15) is 5.10 Å². The zero-order chi connectivity index (χ0) is 13.1. The molecule has 0 spiro atoms. The highest BCUT2D eigenvalue weighted by Gasteiger charge is 2.22. The average Bonchev–Trinajstić information content (AvgIpc) is 2.67. The van der Waals surface area contributed by atoms with Gasteiger partial charge in [0.1, 0.15) is 0 Å². The Balaban J connectivity index is 1.98. The van der Waals surface area contributed by atoms with E-state index in [1.54, 1.807) is 12.4 Å². The molecule has 0 bridgehead atoms. The minimum Gasteiger partial charge on any atom is -0.382 e. The first-order chi connectivity index (χ1) is 9.36. The van der Waals surface area contributed by atoms with Gasteiger partial charge in [0, 0.05) is 29.6 Å². The summed E-state index contributed by atoms with van der Waals surface area (Å²) in [5.74, 6) is 1.17. The first kappa shape index (κ1) is 12.2. The summed E-state index contributed by atoms with van der Waals surface area (Å²) < 4.78 is 0. The van der Waals surface area contributed by atoms with E-state index < -0.39 is 0 Å². The van der Waals surface area contributed by atoms with Crippen molar-refractivity contribution in [1.29, 1.82) is 0 Å². The van der Waals surface area contributed by atoms with Gasteiger partial charge in [-0.25, -0.2) is 0 Å². The lowest BCUT2D eigenvalue weighted by Gasteiger charge is -2.14. The van der Waals surface area contributed by atoms with Gasteiger partial charge in [-0.15, -0.1) is 0 Å². The number of nitrogens with zero attached hydrogens (tertiary/aromatic N) is 2. The number of anilines is 1. The smallest absolute Gasteiger partial charge is 0.153 e. The molecule has 0 aromatic carbocycles. The molecule has 0 unspecified atom stereocenters. The number of pyridine rings is 1. The molecular weight excluding hydrogens is 236 g/mol. The predicted molar refractivity (Wildman–Crippen MR) is 76.7 cm³/mol. The largest absolute Gasteiger partial charge is 0.382 e. The summed E-state index contributed by atoms with van der Waals surface area (Å²) in [5, 5.41) is 7.41. The zero-order valence-electron chi connectivity index (χ0n) is 11.1. The SMILES string of the molecule is Nc1n[nH]c(C2CCCCCC2)c1-c1ccncc1. The van der Waals surface area contributed by atoms with E-state index >= 15 is 0 Å². The molecule has 0 aliphatic heterocycles. The Morgan fingerprint density at radius 2 is 1.74 bits per heavy atom. The molecule has 1 fully saturated rings. The van der Waals surface area contributed by atoms with Crippen LogP contribution in [0.4, 0.5) is 5.82 Å². The lowest BCUT2D eigenvalue weighted by atomic mass is 9.91. The number of nitrogens with one attached hydrogen (secondary N) is 1. The highest BCUT2D eigenvalue weighted by Crippen LogP contribution is 2.38. The Morgan fingerprint density at radius 1 is 1.05 bits per heavy atom. The maximum Gasteiger partial charge on any atom is 0.153 e. The first-order valence-electron chi connectivity index (χ1n) is 7.10. The fourth-order valence-electron chi connectivity index (χ4n) is 3.06. The molecule has 4 heteroatoms. The zero-order valence-corrected chi connectivity index (χ0v) is 11.1. The third-order valence-electron chi connectivity index (χ3n) is 4.05. The molecule has 0 atom stereocenters. The molecule has 0 amide bonds. The minimum absolute atomic E-state index is 0.565. The average molecular weight is 256 g/mol. The molecule has 4 nitrogen and oxygen atoms in total. The van der Waals surface area contributed by atoms with E-state index in [1.165, 1.54) is 44.2 Å². The number of hydrogen-bond donors (Lipinski definition) is 2. The third-order valence-corrected chi connectivity index (χ3v) is 4.05. The van der Waals surface area contributed by atoms with Crippen LogP contribution in [0.1, 0.15) is 50.1 Å². The molecule has 1 aliphatic rings. The van der Waals surface area contributed by atoms with Gasteiger partial charge >= 0.3 is 0 Å². The highest BCUT2D eigenvalue weighted by atomic mass is 15.2. The maximum atomic E-state index is 6.06. The van der Waals surface area contributed by atoms with Gasteiger partial charge in [-0.1, -0.05) is 25.7 Å². The summed E-state index contributed by atoms with van der Waals surface area (Å²) in [6.07, 6.45) is 11.4. The van der Waals surface area contributed by atoms with Gasteiger partial charge in [0.05, 0.1) is 0 Å². The molecule has 0 saturated heterocycles. The van der Waals surface area contributed by atoms with Crippen molar-refractivity contribution in [2.75, 3.05) is 5.73 Å². The van der Waals surface area contributed by atoms with Crippen LogP contribution in [0.3, 0.4) is 0 Å². The molecule has 2 aromatic heterocycles. The van der Waals surface area contributed by atoms with Gasteiger partial charge in [-0.05, 0) is 30.5 Å². The summed E-state index contributed by atoms with van der Waals surface area (Å²) in [4.78, 5) is 4.07. The van der Waals surface area contributed by atoms with Gasteiger partial charge in [0.2, 0.25) is 0 Å². The van der Waals surface area contributed by atoms with Crippen LogP contribution < -0.4 is 5.73 Å². The second-order valence-electron chi connectivity index (χ2n) is 5.32. The van der Waals surface area contributed by atoms with Crippen LogP contribution in [-0.4, -0.2) is 15.2 Å². The maximum absolute atomic E-state index is 6.06. The highest BCUT2D eigenvalue weighted by molar-refractivity contribution is 5.76. The molecule has 3 N–H and O–H groups in total. The molecule has 1 saturated carbocycles. The third kappa shape index (κ3) is 2.48. The van der Waals surface area contributed by atoms with Gasteiger partial charge in [0.25, 0.3) is 0 Å². The van der Waals surface area contributed by atoms with E-state index in [0.29, 0.717) is 11.7 Å². The Hall–Kier alpha value is -1.84.